The smallest absolute Gasteiger partial charge is 0.128 e. The van der Waals surface area contributed by atoms with E-state index in [1.807, 2.05) is 6.92 Å². The fourth-order valence-corrected chi connectivity index (χ4v) is 2.46. The predicted octanol–water partition coefficient (Wildman–Crippen LogP) is 4.68. The van der Waals surface area contributed by atoms with Crippen molar-refractivity contribution in [3.63, 3.8) is 0 Å². The van der Waals surface area contributed by atoms with Gasteiger partial charge < -0.3 is 5.32 Å². The summed E-state index contributed by atoms with van der Waals surface area (Å²) in [7, 11) is 0. The molecule has 0 saturated heterocycles. The third kappa shape index (κ3) is 3.81. The Morgan fingerprint density at radius 2 is 1.85 bits per heavy atom. The lowest BCUT2D eigenvalue weighted by Crippen LogP contribution is -2.24. The van der Waals surface area contributed by atoms with Gasteiger partial charge in [-0.2, -0.15) is 0 Å². The first-order valence-electron chi connectivity index (χ1n) is 6.84. The number of hydrogen-bond acceptors (Lipinski definition) is 1. The Bertz CT molecular complexity index is 566. The first-order valence-corrected chi connectivity index (χ1v) is 7.22. The molecule has 0 spiro atoms. The van der Waals surface area contributed by atoms with Crippen LogP contribution in [0.3, 0.4) is 0 Å². The molecule has 0 bridgehead atoms. The quantitative estimate of drug-likeness (QED) is 0.843. The maximum Gasteiger partial charge on any atom is 0.128 e. The lowest BCUT2D eigenvalue weighted by atomic mass is 9.97. The maximum absolute atomic E-state index is 14.0. The molecule has 106 valence electrons. The highest BCUT2D eigenvalue weighted by molar-refractivity contribution is 6.30. The Morgan fingerprint density at radius 3 is 2.50 bits per heavy atom. The number of halogens is 2. The van der Waals surface area contributed by atoms with Crippen LogP contribution in [0.15, 0.2) is 42.5 Å². The number of nitrogens with one attached hydrogen (secondary N) is 1. The Labute approximate surface area is 124 Å². The molecule has 1 N–H and O–H groups in total. The summed E-state index contributed by atoms with van der Waals surface area (Å²) < 4.78 is 14.0. The predicted molar refractivity (Wildman–Crippen MR) is 82.7 cm³/mol. The van der Waals surface area contributed by atoms with Gasteiger partial charge in [0.05, 0.1) is 0 Å². The SMILES string of the molecule is CCNC(Cc1ccc(C)cc1)c1cc(Cl)ccc1F. The van der Waals surface area contributed by atoms with Crippen molar-refractivity contribution in [1.29, 1.82) is 0 Å². The van der Waals surface area contributed by atoms with Crippen LogP contribution < -0.4 is 5.32 Å². The van der Waals surface area contributed by atoms with Crippen LogP contribution in [0.5, 0.6) is 0 Å². The molecule has 1 nitrogen and oxygen atoms in total. The summed E-state index contributed by atoms with van der Waals surface area (Å²) in [4.78, 5) is 0. The van der Waals surface area contributed by atoms with Crippen molar-refractivity contribution in [2.45, 2.75) is 26.3 Å². The molecule has 0 heterocycles. The second-order valence-corrected chi connectivity index (χ2v) is 5.40. The highest BCUT2D eigenvalue weighted by atomic mass is 35.5. The topological polar surface area (TPSA) is 12.0 Å². The van der Waals surface area contributed by atoms with Crippen molar-refractivity contribution in [2.24, 2.45) is 0 Å². The van der Waals surface area contributed by atoms with E-state index in [9.17, 15) is 4.39 Å². The molecule has 0 aliphatic rings. The summed E-state index contributed by atoms with van der Waals surface area (Å²) in [6, 6.07) is 13.0. The Balaban J connectivity index is 2.26. The number of benzene rings is 2. The number of aryl methyl sites for hydroxylation is 1. The van der Waals surface area contributed by atoms with Gasteiger partial charge in [0.1, 0.15) is 5.82 Å². The van der Waals surface area contributed by atoms with Gasteiger partial charge in [-0.05, 0) is 43.7 Å². The fraction of sp³-hybridized carbons (Fsp3) is 0.294. The normalized spacial score (nSPS) is 12.4. The maximum atomic E-state index is 14.0. The minimum absolute atomic E-state index is 0.0681. The van der Waals surface area contributed by atoms with E-state index in [1.165, 1.54) is 17.2 Å². The third-order valence-electron chi connectivity index (χ3n) is 3.34. The zero-order chi connectivity index (χ0) is 14.5. The molecule has 0 aliphatic carbocycles. The van der Waals surface area contributed by atoms with Gasteiger partial charge in [-0.25, -0.2) is 4.39 Å². The first kappa shape index (κ1) is 15.0. The van der Waals surface area contributed by atoms with Crippen LogP contribution in [0.1, 0.15) is 29.7 Å². The van der Waals surface area contributed by atoms with E-state index in [2.05, 4.69) is 36.5 Å². The van der Waals surface area contributed by atoms with Gasteiger partial charge in [0.2, 0.25) is 0 Å². The Kier molecular flexibility index (Phi) is 5.16. The summed E-state index contributed by atoms with van der Waals surface area (Å²) in [5.74, 6) is -0.215. The molecule has 2 aromatic carbocycles. The van der Waals surface area contributed by atoms with Crippen LogP contribution in [-0.4, -0.2) is 6.54 Å². The molecule has 0 fully saturated rings. The largest absolute Gasteiger partial charge is 0.310 e. The summed E-state index contributed by atoms with van der Waals surface area (Å²) in [5, 5.41) is 3.89. The second kappa shape index (κ2) is 6.87. The van der Waals surface area contributed by atoms with Crippen molar-refractivity contribution < 1.29 is 4.39 Å². The second-order valence-electron chi connectivity index (χ2n) is 4.97. The van der Waals surface area contributed by atoms with E-state index >= 15 is 0 Å². The molecule has 2 rings (SSSR count). The molecule has 0 aromatic heterocycles. The molecule has 1 unspecified atom stereocenters. The van der Waals surface area contributed by atoms with Crippen LogP contribution in [-0.2, 0) is 6.42 Å². The number of likely N-dealkylation sites (N-methyl/N-ethyl adjacent to an activating group) is 1. The van der Waals surface area contributed by atoms with E-state index in [-0.39, 0.29) is 11.9 Å². The van der Waals surface area contributed by atoms with Crippen molar-refractivity contribution in [1.82, 2.24) is 5.32 Å². The highest BCUT2D eigenvalue weighted by Crippen LogP contribution is 2.24. The monoisotopic (exact) mass is 291 g/mol. The van der Waals surface area contributed by atoms with Crippen molar-refractivity contribution in [2.75, 3.05) is 6.54 Å². The van der Waals surface area contributed by atoms with E-state index in [0.29, 0.717) is 10.6 Å². The molecule has 0 radical (unpaired) electrons. The van der Waals surface area contributed by atoms with Gasteiger partial charge in [0, 0.05) is 16.6 Å². The molecule has 1 atom stereocenters. The van der Waals surface area contributed by atoms with E-state index in [1.54, 1.807) is 12.1 Å². The van der Waals surface area contributed by atoms with Gasteiger partial charge in [-0.1, -0.05) is 48.4 Å². The summed E-state index contributed by atoms with van der Waals surface area (Å²) in [5.41, 5.74) is 3.03. The average Bonchev–Trinajstić information content (AvgIpc) is 2.43. The minimum Gasteiger partial charge on any atom is -0.310 e. The molecule has 20 heavy (non-hydrogen) atoms. The standard InChI is InChI=1S/C17H19ClFN/c1-3-20-17(10-13-6-4-12(2)5-7-13)15-11-14(18)8-9-16(15)19/h4-9,11,17,20H,3,10H2,1-2H3. The van der Waals surface area contributed by atoms with Gasteiger partial charge in [-0.3, -0.25) is 0 Å². The lowest BCUT2D eigenvalue weighted by molar-refractivity contribution is 0.510. The molecular weight excluding hydrogens is 273 g/mol. The van der Waals surface area contributed by atoms with E-state index < -0.39 is 0 Å². The minimum atomic E-state index is -0.215. The summed E-state index contributed by atoms with van der Waals surface area (Å²) in [6.07, 6.45) is 0.741. The zero-order valence-corrected chi connectivity index (χ0v) is 12.5. The third-order valence-corrected chi connectivity index (χ3v) is 3.58. The average molecular weight is 292 g/mol. The fourth-order valence-electron chi connectivity index (χ4n) is 2.28. The summed E-state index contributed by atoms with van der Waals surface area (Å²) >= 11 is 5.99. The molecule has 0 saturated carbocycles. The Morgan fingerprint density at radius 1 is 1.15 bits per heavy atom. The molecular formula is C17H19ClFN. The zero-order valence-electron chi connectivity index (χ0n) is 11.8. The number of hydrogen-bond donors (Lipinski definition) is 1. The molecule has 3 heteroatoms. The van der Waals surface area contributed by atoms with Crippen molar-refractivity contribution in [3.8, 4) is 0 Å². The summed E-state index contributed by atoms with van der Waals surface area (Å²) in [6.45, 7) is 4.86. The highest BCUT2D eigenvalue weighted by Gasteiger charge is 2.16. The van der Waals surface area contributed by atoms with Gasteiger partial charge in [0.15, 0.2) is 0 Å². The van der Waals surface area contributed by atoms with Crippen LogP contribution in [0.2, 0.25) is 5.02 Å². The lowest BCUT2D eigenvalue weighted by Gasteiger charge is -2.19. The number of rotatable bonds is 5. The Hall–Kier alpha value is -1.38. The molecule has 0 amide bonds. The first-order chi connectivity index (χ1) is 9.60. The van der Waals surface area contributed by atoms with Gasteiger partial charge in [0.25, 0.3) is 0 Å². The van der Waals surface area contributed by atoms with Crippen LogP contribution in [0, 0.1) is 12.7 Å². The van der Waals surface area contributed by atoms with Crippen LogP contribution in [0.25, 0.3) is 0 Å². The van der Waals surface area contributed by atoms with Gasteiger partial charge >= 0.3 is 0 Å². The van der Waals surface area contributed by atoms with E-state index in [0.717, 1.165) is 13.0 Å². The van der Waals surface area contributed by atoms with Crippen LogP contribution in [0.4, 0.5) is 4.39 Å². The van der Waals surface area contributed by atoms with Crippen molar-refractivity contribution >= 4 is 11.6 Å². The van der Waals surface area contributed by atoms with E-state index in [4.69, 9.17) is 11.6 Å². The van der Waals surface area contributed by atoms with Crippen molar-refractivity contribution in [3.05, 3.63) is 70.0 Å². The molecule has 0 aliphatic heterocycles. The van der Waals surface area contributed by atoms with Crippen LogP contribution >= 0.6 is 11.6 Å². The molecule has 2 aromatic rings. The van der Waals surface area contributed by atoms with Gasteiger partial charge in [-0.15, -0.1) is 0 Å².